The van der Waals surface area contributed by atoms with Crippen LogP contribution in [0.1, 0.15) is 32.1 Å². The third kappa shape index (κ3) is 4.70. The van der Waals surface area contributed by atoms with E-state index in [1.165, 1.54) is 7.11 Å². The van der Waals surface area contributed by atoms with E-state index in [4.69, 9.17) is 4.74 Å². The number of rotatable bonds is 6. The molecule has 112 valence electrons. The second-order valence-electron chi connectivity index (χ2n) is 4.71. The maximum atomic E-state index is 10.9. The van der Waals surface area contributed by atoms with Gasteiger partial charge in [-0.05, 0) is 12.8 Å². The summed E-state index contributed by atoms with van der Waals surface area (Å²) in [4.78, 5) is 10.9. The first kappa shape index (κ1) is 16.3. The van der Waals surface area contributed by atoms with E-state index in [0.717, 1.165) is 6.42 Å². The second kappa shape index (κ2) is 7.76. The molecule has 0 saturated carbocycles. The number of aliphatic hydroxyl groups excluding tert-OH is 4. The molecule has 4 N–H and O–H groups in total. The molecule has 5 atom stereocenters. The molecule has 1 aliphatic rings. The zero-order valence-corrected chi connectivity index (χ0v) is 10.9. The third-order valence-electron chi connectivity index (χ3n) is 3.28. The Morgan fingerprint density at radius 3 is 2.37 bits per heavy atom. The van der Waals surface area contributed by atoms with Crippen LogP contribution in [0.4, 0.5) is 0 Å². The lowest BCUT2D eigenvalue weighted by atomic mass is 9.95. The summed E-state index contributed by atoms with van der Waals surface area (Å²) in [6.45, 7) is 0. The van der Waals surface area contributed by atoms with Crippen molar-refractivity contribution in [1.82, 2.24) is 0 Å². The van der Waals surface area contributed by atoms with Gasteiger partial charge < -0.3 is 29.9 Å². The van der Waals surface area contributed by atoms with Crippen molar-refractivity contribution < 1.29 is 34.7 Å². The zero-order chi connectivity index (χ0) is 14.4. The molecule has 0 spiro atoms. The monoisotopic (exact) mass is 278 g/mol. The van der Waals surface area contributed by atoms with Gasteiger partial charge >= 0.3 is 5.97 Å². The lowest BCUT2D eigenvalue weighted by Crippen LogP contribution is -2.57. The Balaban J connectivity index is 2.23. The lowest BCUT2D eigenvalue weighted by Gasteiger charge is -2.38. The quantitative estimate of drug-likeness (QED) is 0.360. The number of unbranched alkanes of at least 4 members (excludes halogenated alkanes) is 2. The van der Waals surface area contributed by atoms with Crippen LogP contribution in [0.5, 0.6) is 0 Å². The number of ether oxygens (including phenoxy) is 2. The molecule has 0 radical (unpaired) electrons. The number of carbonyl (C=O) groups excluding carboxylic acids is 1. The van der Waals surface area contributed by atoms with Gasteiger partial charge in [0.05, 0.1) is 13.2 Å². The molecular weight excluding hydrogens is 256 g/mol. The van der Waals surface area contributed by atoms with E-state index >= 15 is 0 Å². The van der Waals surface area contributed by atoms with Crippen molar-refractivity contribution in [3.05, 3.63) is 0 Å². The molecule has 0 bridgehead atoms. The van der Waals surface area contributed by atoms with E-state index in [9.17, 15) is 25.2 Å². The van der Waals surface area contributed by atoms with Crippen molar-refractivity contribution in [2.45, 2.75) is 62.8 Å². The van der Waals surface area contributed by atoms with Gasteiger partial charge in [0.15, 0.2) is 6.29 Å². The summed E-state index contributed by atoms with van der Waals surface area (Å²) >= 11 is 0. The molecule has 1 heterocycles. The first-order valence-electron chi connectivity index (χ1n) is 6.42. The molecule has 7 heteroatoms. The van der Waals surface area contributed by atoms with Gasteiger partial charge in [0.1, 0.15) is 18.3 Å². The van der Waals surface area contributed by atoms with E-state index in [0.29, 0.717) is 25.7 Å². The zero-order valence-electron chi connectivity index (χ0n) is 10.9. The maximum Gasteiger partial charge on any atom is 0.305 e. The Morgan fingerprint density at radius 1 is 1.05 bits per heavy atom. The normalized spacial score (nSPS) is 35.1. The fourth-order valence-electron chi connectivity index (χ4n) is 2.06. The van der Waals surface area contributed by atoms with E-state index in [2.05, 4.69) is 4.74 Å². The molecule has 0 aromatic carbocycles. The summed E-state index contributed by atoms with van der Waals surface area (Å²) < 4.78 is 9.54. The molecule has 1 saturated heterocycles. The van der Waals surface area contributed by atoms with E-state index in [1.807, 2.05) is 0 Å². The van der Waals surface area contributed by atoms with Crippen LogP contribution in [-0.2, 0) is 14.3 Å². The van der Waals surface area contributed by atoms with Gasteiger partial charge in [-0.3, -0.25) is 4.79 Å². The first-order chi connectivity index (χ1) is 8.97. The van der Waals surface area contributed by atoms with Gasteiger partial charge in [-0.15, -0.1) is 0 Å². The van der Waals surface area contributed by atoms with Crippen molar-refractivity contribution in [3.63, 3.8) is 0 Å². The van der Waals surface area contributed by atoms with Gasteiger partial charge in [0.25, 0.3) is 0 Å². The molecule has 1 rings (SSSR count). The minimum Gasteiger partial charge on any atom is -0.469 e. The molecule has 1 aliphatic heterocycles. The summed E-state index contributed by atoms with van der Waals surface area (Å²) in [6.07, 6.45) is -3.47. The van der Waals surface area contributed by atoms with E-state index in [1.54, 1.807) is 0 Å². The van der Waals surface area contributed by atoms with Crippen LogP contribution in [0.15, 0.2) is 0 Å². The van der Waals surface area contributed by atoms with Crippen molar-refractivity contribution in [1.29, 1.82) is 0 Å². The van der Waals surface area contributed by atoms with Gasteiger partial charge in [-0.2, -0.15) is 0 Å². The number of aliphatic hydroxyl groups is 4. The second-order valence-corrected chi connectivity index (χ2v) is 4.71. The Hall–Kier alpha value is -0.730. The SMILES string of the molecule is COC(=O)CCCCC[C@@H]1OC(O)[C@@H](O)[C@H](O)[C@@H]1O. The number of carbonyl (C=O) groups is 1. The molecule has 0 aliphatic carbocycles. The lowest BCUT2D eigenvalue weighted by molar-refractivity contribution is -0.282. The minimum absolute atomic E-state index is 0.261. The summed E-state index contributed by atoms with van der Waals surface area (Å²) in [5, 5.41) is 37.8. The number of hydrogen-bond acceptors (Lipinski definition) is 7. The van der Waals surface area contributed by atoms with Crippen LogP contribution in [0.2, 0.25) is 0 Å². The number of hydrogen-bond donors (Lipinski definition) is 4. The van der Waals surface area contributed by atoms with Crippen LogP contribution in [0.3, 0.4) is 0 Å². The summed E-state index contributed by atoms with van der Waals surface area (Å²) in [5.74, 6) is -0.261. The molecule has 0 amide bonds. The molecular formula is C12H22O7. The molecule has 1 unspecified atom stereocenters. The van der Waals surface area contributed by atoms with Crippen molar-refractivity contribution in [3.8, 4) is 0 Å². The predicted octanol–water partition coefficient (Wildman–Crippen LogP) is -1.09. The summed E-state index contributed by atoms with van der Waals surface area (Å²) in [5.41, 5.74) is 0. The highest BCUT2D eigenvalue weighted by Gasteiger charge is 2.42. The first-order valence-corrected chi connectivity index (χ1v) is 6.42. The van der Waals surface area contributed by atoms with Gasteiger partial charge in [0.2, 0.25) is 0 Å². The Labute approximate surface area is 111 Å². The Bertz CT molecular complexity index is 283. The molecule has 7 nitrogen and oxygen atoms in total. The highest BCUT2D eigenvalue weighted by molar-refractivity contribution is 5.68. The van der Waals surface area contributed by atoms with Crippen LogP contribution >= 0.6 is 0 Å². The van der Waals surface area contributed by atoms with Crippen LogP contribution in [0.25, 0.3) is 0 Å². The van der Waals surface area contributed by atoms with Gasteiger partial charge in [0, 0.05) is 6.42 Å². The van der Waals surface area contributed by atoms with Gasteiger partial charge in [-0.25, -0.2) is 0 Å². The summed E-state index contributed by atoms with van der Waals surface area (Å²) in [6, 6.07) is 0. The standard InChI is InChI=1S/C12H22O7/c1-18-8(13)6-4-2-3-5-7-9(14)10(15)11(16)12(17)19-7/h7,9-12,14-17H,2-6H2,1H3/t7-,9+,10+,11-,12?/m0/s1. The highest BCUT2D eigenvalue weighted by atomic mass is 16.6. The predicted molar refractivity (Wildman–Crippen MR) is 64.0 cm³/mol. The van der Waals surface area contributed by atoms with Crippen molar-refractivity contribution in [2.75, 3.05) is 7.11 Å². The van der Waals surface area contributed by atoms with Crippen LogP contribution < -0.4 is 0 Å². The average molecular weight is 278 g/mol. The fourth-order valence-corrected chi connectivity index (χ4v) is 2.06. The van der Waals surface area contributed by atoms with Crippen LogP contribution in [0, 0.1) is 0 Å². The molecule has 19 heavy (non-hydrogen) atoms. The van der Waals surface area contributed by atoms with E-state index in [-0.39, 0.29) is 5.97 Å². The van der Waals surface area contributed by atoms with Gasteiger partial charge in [-0.1, -0.05) is 12.8 Å². The topological polar surface area (TPSA) is 116 Å². The van der Waals surface area contributed by atoms with Crippen LogP contribution in [-0.4, -0.2) is 64.2 Å². The highest BCUT2D eigenvalue weighted by Crippen LogP contribution is 2.23. The number of esters is 1. The molecule has 0 aromatic heterocycles. The molecule has 1 fully saturated rings. The smallest absolute Gasteiger partial charge is 0.305 e. The maximum absolute atomic E-state index is 10.9. The molecule has 0 aromatic rings. The largest absolute Gasteiger partial charge is 0.469 e. The fraction of sp³-hybridized carbons (Fsp3) is 0.917. The minimum atomic E-state index is -1.49. The Morgan fingerprint density at radius 2 is 1.74 bits per heavy atom. The van der Waals surface area contributed by atoms with Crippen molar-refractivity contribution >= 4 is 5.97 Å². The Kier molecular flexibility index (Phi) is 6.67. The van der Waals surface area contributed by atoms with Crippen molar-refractivity contribution in [2.24, 2.45) is 0 Å². The average Bonchev–Trinajstić information content (AvgIpc) is 2.41. The summed E-state index contributed by atoms with van der Waals surface area (Å²) in [7, 11) is 1.34. The third-order valence-corrected chi connectivity index (χ3v) is 3.28. The van der Waals surface area contributed by atoms with E-state index < -0.39 is 30.7 Å². The number of methoxy groups -OCH3 is 1.